The molecule has 3 heterocycles. The van der Waals surface area contributed by atoms with Crippen molar-refractivity contribution in [2.75, 3.05) is 45.9 Å². The van der Waals surface area contributed by atoms with Gasteiger partial charge in [-0.15, -0.1) is 0 Å². The van der Waals surface area contributed by atoms with Crippen molar-refractivity contribution in [2.45, 2.75) is 37.8 Å². The summed E-state index contributed by atoms with van der Waals surface area (Å²) in [7, 11) is 0. The maximum atomic E-state index is 12.7. The third-order valence-corrected chi connectivity index (χ3v) is 6.22. The van der Waals surface area contributed by atoms with Gasteiger partial charge in [-0.2, -0.15) is 0 Å². The normalized spacial score (nSPS) is 29.8. The maximum absolute atomic E-state index is 12.7. The number of likely N-dealkylation sites (tertiary alicyclic amines) is 1. The summed E-state index contributed by atoms with van der Waals surface area (Å²) in [6.07, 6.45) is 4.51. The molecule has 1 aromatic carbocycles. The molecular formula is C21H32N4O2. The molecule has 0 spiro atoms. The third kappa shape index (κ3) is 4.88. The third-order valence-electron chi connectivity index (χ3n) is 6.22. The Kier molecular flexibility index (Phi) is 6.39. The van der Waals surface area contributed by atoms with Gasteiger partial charge in [0.1, 0.15) is 6.04 Å². The minimum Gasteiger partial charge on any atom is -0.378 e. The molecule has 27 heavy (non-hydrogen) atoms. The molecular weight excluding hydrogens is 340 g/mol. The fraction of sp³-hybridized carbons (Fsp3) is 0.667. The lowest BCUT2D eigenvalue weighted by Crippen LogP contribution is -2.49. The zero-order valence-corrected chi connectivity index (χ0v) is 16.1. The smallest absolute Gasteiger partial charge is 0.241 e. The van der Waals surface area contributed by atoms with E-state index in [1.807, 2.05) is 4.90 Å². The van der Waals surface area contributed by atoms with Crippen LogP contribution < -0.4 is 10.9 Å². The van der Waals surface area contributed by atoms with Crippen LogP contribution in [-0.2, 0) is 16.0 Å². The van der Waals surface area contributed by atoms with Gasteiger partial charge in [0, 0.05) is 32.2 Å². The summed E-state index contributed by atoms with van der Waals surface area (Å²) in [5.41, 5.74) is 8.12. The lowest BCUT2D eigenvalue weighted by atomic mass is 9.88. The zero-order valence-electron chi connectivity index (χ0n) is 16.1. The van der Waals surface area contributed by atoms with Crippen LogP contribution in [0, 0.1) is 5.92 Å². The number of nitrogens with one attached hydrogen (secondary N) is 2. The Hall–Kier alpha value is -1.47. The Morgan fingerprint density at radius 1 is 1.11 bits per heavy atom. The first kappa shape index (κ1) is 18.9. The second-order valence-electron chi connectivity index (χ2n) is 8.06. The second kappa shape index (κ2) is 9.15. The molecule has 0 bridgehead atoms. The van der Waals surface area contributed by atoms with Crippen molar-refractivity contribution in [3.8, 4) is 0 Å². The average Bonchev–Trinajstić information content (AvgIpc) is 3.24. The molecule has 0 aromatic heterocycles. The molecule has 3 atom stereocenters. The van der Waals surface area contributed by atoms with Crippen LogP contribution in [0.4, 0.5) is 0 Å². The topological polar surface area (TPSA) is 56.8 Å². The molecule has 0 radical (unpaired) electrons. The van der Waals surface area contributed by atoms with Crippen molar-refractivity contribution >= 4 is 5.91 Å². The number of ether oxygens (including phenoxy) is 1. The van der Waals surface area contributed by atoms with E-state index < -0.39 is 0 Å². The van der Waals surface area contributed by atoms with E-state index in [2.05, 4.69) is 46.1 Å². The van der Waals surface area contributed by atoms with Gasteiger partial charge in [-0.05, 0) is 43.7 Å². The minimum absolute atomic E-state index is 0.0900. The molecule has 2 N–H and O–H groups in total. The summed E-state index contributed by atoms with van der Waals surface area (Å²) in [6.45, 7) is 6.21. The monoisotopic (exact) mass is 372 g/mol. The lowest BCUT2D eigenvalue weighted by Gasteiger charge is -2.35. The average molecular weight is 373 g/mol. The van der Waals surface area contributed by atoms with E-state index in [1.165, 1.54) is 24.9 Å². The summed E-state index contributed by atoms with van der Waals surface area (Å²) in [4.78, 5) is 17.2. The molecule has 4 rings (SSSR count). The molecule has 6 heteroatoms. The molecule has 3 aliphatic heterocycles. The number of benzene rings is 1. The van der Waals surface area contributed by atoms with Crippen molar-refractivity contribution in [3.63, 3.8) is 0 Å². The highest BCUT2D eigenvalue weighted by molar-refractivity contribution is 5.82. The molecule has 1 aromatic rings. The van der Waals surface area contributed by atoms with Crippen LogP contribution in [-0.4, -0.2) is 73.7 Å². The summed E-state index contributed by atoms with van der Waals surface area (Å²) in [5, 5.41) is 0. The molecule has 6 nitrogen and oxygen atoms in total. The van der Waals surface area contributed by atoms with Crippen molar-refractivity contribution in [1.29, 1.82) is 0 Å². The number of hydrogen-bond acceptors (Lipinski definition) is 5. The number of nitrogens with zero attached hydrogens (tertiary/aromatic N) is 2. The van der Waals surface area contributed by atoms with Crippen molar-refractivity contribution in [3.05, 3.63) is 35.9 Å². The summed E-state index contributed by atoms with van der Waals surface area (Å²) in [5.74, 6) is 0.842. The number of hydrazine groups is 1. The molecule has 3 saturated heterocycles. The van der Waals surface area contributed by atoms with Gasteiger partial charge in [0.15, 0.2) is 0 Å². The van der Waals surface area contributed by atoms with Gasteiger partial charge in [0.05, 0.1) is 13.2 Å². The largest absolute Gasteiger partial charge is 0.378 e. The fourth-order valence-corrected chi connectivity index (χ4v) is 4.61. The number of carbonyl (C=O) groups is 1. The van der Waals surface area contributed by atoms with Gasteiger partial charge in [0.2, 0.25) is 5.91 Å². The van der Waals surface area contributed by atoms with Gasteiger partial charge >= 0.3 is 0 Å². The van der Waals surface area contributed by atoms with Crippen LogP contribution >= 0.6 is 0 Å². The van der Waals surface area contributed by atoms with Crippen molar-refractivity contribution in [1.82, 2.24) is 20.7 Å². The van der Waals surface area contributed by atoms with E-state index >= 15 is 0 Å². The number of piperidine rings is 1. The first-order chi connectivity index (χ1) is 13.3. The molecule has 3 aliphatic rings. The standard InChI is InChI=1S/C21H32N4O2/c26-21(25-11-13-27-14-12-25)20-15-19(22-23-20)18-7-4-9-24(16-18)10-8-17-5-2-1-3-6-17/h1-3,5-6,18-20,22-23H,4,7-16H2. The van der Waals surface area contributed by atoms with E-state index in [4.69, 9.17) is 4.74 Å². The summed E-state index contributed by atoms with van der Waals surface area (Å²) >= 11 is 0. The number of amides is 1. The fourth-order valence-electron chi connectivity index (χ4n) is 4.61. The molecule has 1 amide bonds. The molecule has 148 valence electrons. The van der Waals surface area contributed by atoms with E-state index in [0.29, 0.717) is 25.2 Å². The lowest BCUT2D eigenvalue weighted by molar-refractivity contribution is -0.137. The molecule has 3 fully saturated rings. The molecule has 0 saturated carbocycles. The highest BCUT2D eigenvalue weighted by Crippen LogP contribution is 2.25. The molecule has 0 aliphatic carbocycles. The summed E-state index contributed by atoms with van der Waals surface area (Å²) in [6, 6.07) is 11.0. The Morgan fingerprint density at radius 3 is 2.74 bits per heavy atom. The van der Waals surface area contributed by atoms with Crippen LogP contribution in [0.25, 0.3) is 0 Å². The molecule has 3 unspecified atom stereocenters. The highest BCUT2D eigenvalue weighted by Gasteiger charge is 2.37. The van der Waals surface area contributed by atoms with Crippen LogP contribution in [0.2, 0.25) is 0 Å². The van der Waals surface area contributed by atoms with Gasteiger partial charge in [0.25, 0.3) is 0 Å². The SMILES string of the molecule is O=C(C1CC(C2CCCN(CCc3ccccc3)C2)NN1)N1CCOCC1. The highest BCUT2D eigenvalue weighted by atomic mass is 16.5. The van der Waals surface area contributed by atoms with Crippen molar-refractivity contribution in [2.24, 2.45) is 5.92 Å². The Bertz CT molecular complexity index is 605. The zero-order chi connectivity index (χ0) is 18.5. The quantitative estimate of drug-likeness (QED) is 0.809. The predicted octanol–water partition coefficient (Wildman–Crippen LogP) is 1.04. The first-order valence-electron chi connectivity index (χ1n) is 10.4. The van der Waals surface area contributed by atoms with E-state index in [0.717, 1.165) is 39.0 Å². The predicted molar refractivity (Wildman–Crippen MR) is 105 cm³/mol. The van der Waals surface area contributed by atoms with Gasteiger partial charge < -0.3 is 14.5 Å². The Labute approximate surface area is 162 Å². The first-order valence-corrected chi connectivity index (χ1v) is 10.4. The number of rotatable bonds is 5. The van der Waals surface area contributed by atoms with Crippen molar-refractivity contribution < 1.29 is 9.53 Å². The van der Waals surface area contributed by atoms with Crippen LogP contribution in [0.1, 0.15) is 24.8 Å². The number of hydrogen-bond donors (Lipinski definition) is 2. The van der Waals surface area contributed by atoms with Gasteiger partial charge in [-0.1, -0.05) is 30.3 Å². The number of morpholine rings is 1. The second-order valence-corrected chi connectivity index (χ2v) is 8.06. The summed E-state index contributed by atoms with van der Waals surface area (Å²) < 4.78 is 5.36. The Morgan fingerprint density at radius 2 is 1.93 bits per heavy atom. The van der Waals surface area contributed by atoms with Crippen LogP contribution in [0.3, 0.4) is 0 Å². The Balaban J connectivity index is 1.25. The van der Waals surface area contributed by atoms with Crippen LogP contribution in [0.15, 0.2) is 30.3 Å². The van der Waals surface area contributed by atoms with Crippen LogP contribution in [0.5, 0.6) is 0 Å². The van der Waals surface area contributed by atoms with E-state index in [-0.39, 0.29) is 11.9 Å². The van der Waals surface area contributed by atoms with Gasteiger partial charge in [-0.25, -0.2) is 5.43 Å². The maximum Gasteiger partial charge on any atom is 0.241 e. The van der Waals surface area contributed by atoms with E-state index in [9.17, 15) is 4.79 Å². The van der Waals surface area contributed by atoms with Gasteiger partial charge in [-0.3, -0.25) is 10.2 Å². The van der Waals surface area contributed by atoms with E-state index in [1.54, 1.807) is 0 Å². The minimum atomic E-state index is -0.0900. The number of carbonyl (C=O) groups excluding carboxylic acids is 1.